The fourth-order valence-electron chi connectivity index (χ4n) is 2.84. The zero-order valence-corrected chi connectivity index (χ0v) is 17.2. The molecular weight excluding hydrogens is 418 g/mol. The minimum absolute atomic E-state index is 0.106. The van der Waals surface area contributed by atoms with Crippen LogP contribution in [0.4, 0.5) is 0 Å². The molecule has 0 spiro atoms. The van der Waals surface area contributed by atoms with Crippen molar-refractivity contribution in [1.29, 1.82) is 0 Å². The van der Waals surface area contributed by atoms with Crippen molar-refractivity contribution < 1.29 is 27.8 Å². The number of phenolic OH excluding ortho intramolecular Hbond substituents is 1. The van der Waals surface area contributed by atoms with Crippen LogP contribution < -0.4 is 4.74 Å². The number of morpholine rings is 1. The highest BCUT2D eigenvalue weighted by molar-refractivity contribution is 7.89. The number of halogens is 1. The first-order valence-corrected chi connectivity index (χ1v) is 10.6. The van der Waals surface area contributed by atoms with Crippen LogP contribution in [0, 0.1) is 0 Å². The van der Waals surface area contributed by atoms with E-state index in [4.69, 9.17) is 21.1 Å². The fourth-order valence-corrected chi connectivity index (χ4v) is 4.47. The first kappa shape index (κ1) is 21.3. The minimum Gasteiger partial charge on any atom is -0.503 e. The Kier molecular flexibility index (Phi) is 6.59. The number of ether oxygens (including phenoxy) is 2. The second kappa shape index (κ2) is 8.96. The molecule has 2 aromatic rings. The van der Waals surface area contributed by atoms with Crippen LogP contribution in [-0.4, -0.2) is 57.0 Å². The van der Waals surface area contributed by atoms with Crippen molar-refractivity contribution in [3.05, 3.63) is 58.6 Å². The third-order valence-electron chi connectivity index (χ3n) is 4.44. The van der Waals surface area contributed by atoms with Crippen molar-refractivity contribution >= 4 is 33.5 Å². The van der Waals surface area contributed by atoms with E-state index in [0.29, 0.717) is 37.4 Å². The van der Waals surface area contributed by atoms with E-state index in [1.54, 1.807) is 6.07 Å². The van der Waals surface area contributed by atoms with Gasteiger partial charge in [0, 0.05) is 18.7 Å². The molecule has 1 heterocycles. The van der Waals surface area contributed by atoms with Gasteiger partial charge in [-0.05, 0) is 48.0 Å². The number of carbonyl (C=O) groups is 1. The monoisotopic (exact) mass is 437 g/mol. The van der Waals surface area contributed by atoms with E-state index in [-0.39, 0.29) is 27.2 Å². The lowest BCUT2D eigenvalue weighted by molar-refractivity contribution is 0.0730. The van der Waals surface area contributed by atoms with E-state index in [1.165, 1.54) is 53.9 Å². The van der Waals surface area contributed by atoms with Crippen LogP contribution in [-0.2, 0) is 14.8 Å². The molecule has 0 saturated carbocycles. The fraction of sp³-hybridized carbons (Fsp3) is 0.250. The Morgan fingerprint density at radius 1 is 1.21 bits per heavy atom. The Bertz CT molecular complexity index is 1030. The molecule has 1 saturated heterocycles. The SMILES string of the molecule is COc1cc(/C=C/C(=O)c2ccc(S(=O)(=O)N3CCOCC3)cc2)cc(Cl)c1O. The number of ketones is 1. The number of aromatic hydroxyl groups is 1. The first-order chi connectivity index (χ1) is 13.8. The van der Waals surface area contributed by atoms with E-state index in [1.807, 2.05) is 0 Å². The molecule has 2 aromatic carbocycles. The first-order valence-electron chi connectivity index (χ1n) is 8.80. The van der Waals surface area contributed by atoms with Gasteiger partial charge in [0.15, 0.2) is 17.3 Å². The highest BCUT2D eigenvalue weighted by atomic mass is 35.5. The van der Waals surface area contributed by atoms with E-state index >= 15 is 0 Å². The summed E-state index contributed by atoms with van der Waals surface area (Å²) in [6, 6.07) is 8.84. The van der Waals surface area contributed by atoms with Crippen LogP contribution in [0.25, 0.3) is 6.08 Å². The van der Waals surface area contributed by atoms with Crippen LogP contribution in [0.1, 0.15) is 15.9 Å². The van der Waals surface area contributed by atoms with Crippen molar-refractivity contribution in [2.24, 2.45) is 0 Å². The van der Waals surface area contributed by atoms with Gasteiger partial charge in [-0.3, -0.25) is 4.79 Å². The summed E-state index contributed by atoms with van der Waals surface area (Å²) in [7, 11) is -2.21. The lowest BCUT2D eigenvalue weighted by Gasteiger charge is -2.26. The predicted octanol–water partition coefficient (Wildman–Crippen LogP) is 2.97. The topological polar surface area (TPSA) is 93.1 Å². The van der Waals surface area contributed by atoms with E-state index < -0.39 is 10.0 Å². The summed E-state index contributed by atoms with van der Waals surface area (Å²) in [4.78, 5) is 12.5. The average molecular weight is 438 g/mol. The predicted molar refractivity (Wildman–Crippen MR) is 109 cm³/mol. The summed E-state index contributed by atoms with van der Waals surface area (Å²) in [5.41, 5.74) is 0.920. The summed E-state index contributed by atoms with van der Waals surface area (Å²) in [5.74, 6) is -0.277. The maximum Gasteiger partial charge on any atom is 0.243 e. The molecule has 0 bridgehead atoms. The van der Waals surface area contributed by atoms with Crippen molar-refractivity contribution in [3.8, 4) is 11.5 Å². The molecule has 3 rings (SSSR count). The van der Waals surface area contributed by atoms with Crippen molar-refractivity contribution in [3.63, 3.8) is 0 Å². The highest BCUT2D eigenvalue weighted by Gasteiger charge is 2.26. The molecule has 0 atom stereocenters. The quantitative estimate of drug-likeness (QED) is 0.551. The van der Waals surface area contributed by atoms with Gasteiger partial charge in [0.2, 0.25) is 10.0 Å². The second-order valence-electron chi connectivity index (χ2n) is 6.29. The molecule has 1 aliphatic heterocycles. The van der Waals surface area contributed by atoms with Crippen LogP contribution >= 0.6 is 11.6 Å². The van der Waals surface area contributed by atoms with Gasteiger partial charge in [0.05, 0.1) is 30.2 Å². The van der Waals surface area contributed by atoms with E-state index in [2.05, 4.69) is 0 Å². The van der Waals surface area contributed by atoms with Crippen LogP contribution in [0.3, 0.4) is 0 Å². The smallest absolute Gasteiger partial charge is 0.243 e. The van der Waals surface area contributed by atoms with Crippen molar-refractivity contribution in [2.45, 2.75) is 4.90 Å². The number of hydrogen-bond acceptors (Lipinski definition) is 6. The Morgan fingerprint density at radius 3 is 2.48 bits per heavy atom. The number of methoxy groups -OCH3 is 1. The van der Waals surface area contributed by atoms with Gasteiger partial charge in [0.25, 0.3) is 0 Å². The number of allylic oxidation sites excluding steroid dienone is 1. The number of benzene rings is 2. The molecule has 1 aliphatic rings. The molecule has 0 aliphatic carbocycles. The summed E-state index contributed by atoms with van der Waals surface area (Å²) < 4.78 is 36.8. The number of sulfonamides is 1. The largest absolute Gasteiger partial charge is 0.503 e. The zero-order chi connectivity index (χ0) is 21.0. The van der Waals surface area contributed by atoms with Gasteiger partial charge in [-0.1, -0.05) is 17.7 Å². The molecular formula is C20H20ClNO6S. The normalized spacial score (nSPS) is 15.5. The maximum absolute atomic E-state index is 12.6. The molecule has 7 nitrogen and oxygen atoms in total. The molecule has 154 valence electrons. The zero-order valence-electron chi connectivity index (χ0n) is 15.7. The molecule has 0 aromatic heterocycles. The van der Waals surface area contributed by atoms with Crippen LogP contribution in [0.5, 0.6) is 11.5 Å². The number of phenols is 1. The molecule has 0 amide bonds. The molecule has 29 heavy (non-hydrogen) atoms. The Hall–Kier alpha value is -2.39. The lowest BCUT2D eigenvalue weighted by atomic mass is 10.1. The number of nitrogens with zero attached hydrogens (tertiary/aromatic N) is 1. The third-order valence-corrected chi connectivity index (χ3v) is 6.65. The number of rotatable bonds is 6. The number of hydrogen-bond donors (Lipinski definition) is 1. The molecule has 1 fully saturated rings. The summed E-state index contributed by atoms with van der Waals surface area (Å²) >= 11 is 5.94. The Balaban J connectivity index is 1.75. The lowest BCUT2D eigenvalue weighted by Crippen LogP contribution is -2.40. The summed E-state index contributed by atoms with van der Waals surface area (Å²) in [6.45, 7) is 1.36. The van der Waals surface area contributed by atoms with Crippen molar-refractivity contribution in [1.82, 2.24) is 4.31 Å². The second-order valence-corrected chi connectivity index (χ2v) is 8.64. The van der Waals surface area contributed by atoms with E-state index in [0.717, 1.165) is 0 Å². The Labute approximate surface area is 174 Å². The number of carbonyl (C=O) groups excluding carboxylic acids is 1. The molecule has 9 heteroatoms. The van der Waals surface area contributed by atoms with Gasteiger partial charge in [-0.15, -0.1) is 0 Å². The van der Waals surface area contributed by atoms with Crippen molar-refractivity contribution in [2.75, 3.05) is 33.4 Å². The van der Waals surface area contributed by atoms with Gasteiger partial charge >= 0.3 is 0 Å². The average Bonchev–Trinajstić information content (AvgIpc) is 2.75. The molecule has 1 N–H and O–H groups in total. The van der Waals surface area contributed by atoms with Gasteiger partial charge in [-0.25, -0.2) is 8.42 Å². The summed E-state index contributed by atoms with van der Waals surface area (Å²) in [6.07, 6.45) is 2.88. The molecule has 0 radical (unpaired) electrons. The van der Waals surface area contributed by atoms with Gasteiger partial charge in [0.1, 0.15) is 0 Å². The van der Waals surface area contributed by atoms with Crippen LogP contribution in [0.15, 0.2) is 47.4 Å². The third kappa shape index (κ3) is 4.79. The van der Waals surface area contributed by atoms with Gasteiger partial charge < -0.3 is 14.6 Å². The maximum atomic E-state index is 12.6. The van der Waals surface area contributed by atoms with Crippen LogP contribution in [0.2, 0.25) is 5.02 Å². The molecule has 0 unspecified atom stereocenters. The van der Waals surface area contributed by atoms with Gasteiger partial charge in [-0.2, -0.15) is 4.31 Å². The Morgan fingerprint density at radius 2 is 1.86 bits per heavy atom. The van der Waals surface area contributed by atoms with E-state index in [9.17, 15) is 18.3 Å². The summed E-state index contributed by atoms with van der Waals surface area (Å²) in [5, 5.41) is 9.86. The highest BCUT2D eigenvalue weighted by Crippen LogP contribution is 2.35. The standard InChI is InChI=1S/C20H20ClNO6S/c1-27-19-13-14(12-17(21)20(19)24)2-7-18(23)15-3-5-16(6-4-15)29(25,26)22-8-10-28-11-9-22/h2-7,12-13,24H,8-11H2,1H3/b7-2+. The minimum atomic E-state index is -3.60.